The molecular formula is C16H22F2N2O2. The zero-order valence-electron chi connectivity index (χ0n) is 12.9. The van der Waals surface area contributed by atoms with Crippen LogP contribution in [0.25, 0.3) is 0 Å². The minimum Gasteiger partial charge on any atom is -0.494 e. The zero-order chi connectivity index (χ0) is 16.2. The molecule has 2 N–H and O–H groups in total. The first-order chi connectivity index (χ1) is 10.4. The second-order valence-corrected chi connectivity index (χ2v) is 5.64. The van der Waals surface area contributed by atoms with Crippen molar-refractivity contribution in [2.45, 2.75) is 44.7 Å². The molecule has 1 saturated heterocycles. The van der Waals surface area contributed by atoms with Gasteiger partial charge in [0.05, 0.1) is 25.2 Å². The maximum atomic E-state index is 13.1. The molecule has 0 bridgehead atoms. The molecule has 6 heteroatoms. The van der Waals surface area contributed by atoms with Gasteiger partial charge in [0.2, 0.25) is 5.91 Å². The molecule has 0 aliphatic carbocycles. The Balaban J connectivity index is 1.89. The normalized spacial score (nSPS) is 21.4. The molecule has 2 rings (SSSR count). The van der Waals surface area contributed by atoms with Gasteiger partial charge in [-0.05, 0) is 31.0 Å². The Bertz CT molecular complexity index is 505. The molecule has 0 saturated carbocycles. The first-order valence-electron chi connectivity index (χ1n) is 7.55. The number of benzene rings is 1. The van der Waals surface area contributed by atoms with Crippen LogP contribution in [0.4, 0.5) is 8.78 Å². The van der Waals surface area contributed by atoms with E-state index in [2.05, 4.69) is 10.6 Å². The maximum Gasteiger partial charge on any atom is 0.262 e. The summed E-state index contributed by atoms with van der Waals surface area (Å²) in [6.07, 6.45) is 0.489. The lowest BCUT2D eigenvalue weighted by atomic mass is 10.1. The smallest absolute Gasteiger partial charge is 0.262 e. The summed E-state index contributed by atoms with van der Waals surface area (Å²) in [4.78, 5) is 12.0. The van der Waals surface area contributed by atoms with Crippen molar-refractivity contribution in [1.29, 1.82) is 0 Å². The van der Waals surface area contributed by atoms with Gasteiger partial charge >= 0.3 is 0 Å². The molecule has 4 nitrogen and oxygen atoms in total. The maximum absolute atomic E-state index is 13.1. The van der Waals surface area contributed by atoms with Crippen LogP contribution in [-0.4, -0.2) is 31.0 Å². The van der Waals surface area contributed by atoms with Crippen molar-refractivity contribution in [2.75, 3.05) is 13.2 Å². The molecule has 1 aliphatic heterocycles. The van der Waals surface area contributed by atoms with Crippen molar-refractivity contribution in [3.63, 3.8) is 0 Å². The Hall–Kier alpha value is -1.69. The summed E-state index contributed by atoms with van der Waals surface area (Å²) in [5.74, 6) is -2.42. The number of nitrogens with one attached hydrogen (secondary N) is 2. The third kappa shape index (κ3) is 4.40. The molecule has 2 unspecified atom stereocenters. The number of ether oxygens (including phenoxy) is 1. The van der Waals surface area contributed by atoms with E-state index >= 15 is 0 Å². The molecule has 0 spiro atoms. The number of halogens is 2. The van der Waals surface area contributed by atoms with Gasteiger partial charge in [-0.25, -0.2) is 8.78 Å². The van der Waals surface area contributed by atoms with Crippen molar-refractivity contribution < 1.29 is 18.3 Å². The second-order valence-electron chi connectivity index (χ2n) is 5.64. The molecule has 0 aromatic heterocycles. The molecule has 1 aromatic carbocycles. The van der Waals surface area contributed by atoms with E-state index in [1.54, 1.807) is 0 Å². The van der Waals surface area contributed by atoms with Crippen molar-refractivity contribution in [3.05, 3.63) is 29.8 Å². The predicted molar refractivity (Wildman–Crippen MR) is 80.1 cm³/mol. The number of rotatable bonds is 6. The second kappa shape index (κ2) is 7.05. The summed E-state index contributed by atoms with van der Waals surface area (Å²) < 4.78 is 31.7. The molecule has 1 fully saturated rings. The summed E-state index contributed by atoms with van der Waals surface area (Å²) in [7, 11) is 0. The minimum atomic E-state index is -2.80. The Labute approximate surface area is 129 Å². The summed E-state index contributed by atoms with van der Waals surface area (Å²) >= 11 is 0. The summed E-state index contributed by atoms with van der Waals surface area (Å²) in [6.45, 7) is 4.08. The van der Waals surface area contributed by atoms with Crippen LogP contribution in [0.2, 0.25) is 0 Å². The quantitative estimate of drug-likeness (QED) is 0.849. The SMILES string of the molecule is CCCOc1ccc(C(C)NC(=O)C2CC(F)(F)CN2)cc1. The van der Waals surface area contributed by atoms with Gasteiger partial charge in [-0.2, -0.15) is 0 Å². The van der Waals surface area contributed by atoms with Gasteiger partial charge in [0, 0.05) is 6.42 Å². The Kier molecular flexibility index (Phi) is 5.34. The van der Waals surface area contributed by atoms with Crippen molar-refractivity contribution in [1.82, 2.24) is 10.6 Å². The van der Waals surface area contributed by atoms with Crippen LogP contribution < -0.4 is 15.4 Å². The summed E-state index contributed by atoms with van der Waals surface area (Å²) in [5, 5.41) is 5.32. The van der Waals surface area contributed by atoms with Gasteiger partial charge in [0.15, 0.2) is 0 Å². The van der Waals surface area contributed by atoms with E-state index in [1.165, 1.54) is 0 Å². The molecule has 1 aliphatic rings. The highest BCUT2D eigenvalue weighted by molar-refractivity contribution is 5.82. The van der Waals surface area contributed by atoms with Crippen LogP contribution >= 0.6 is 0 Å². The minimum absolute atomic E-state index is 0.247. The summed E-state index contributed by atoms with van der Waals surface area (Å²) in [5.41, 5.74) is 0.905. The standard InChI is InChI=1S/C16H22F2N2O2/c1-3-8-22-13-6-4-12(5-7-13)11(2)20-15(21)14-9-16(17,18)10-19-14/h4-7,11,14,19H,3,8-10H2,1-2H3,(H,20,21). The highest BCUT2D eigenvalue weighted by Gasteiger charge is 2.42. The van der Waals surface area contributed by atoms with E-state index < -0.39 is 30.8 Å². The van der Waals surface area contributed by atoms with Gasteiger partial charge in [-0.3, -0.25) is 10.1 Å². The van der Waals surface area contributed by atoms with Crippen LogP contribution in [0.3, 0.4) is 0 Å². The molecular weight excluding hydrogens is 290 g/mol. The van der Waals surface area contributed by atoms with Gasteiger partial charge in [0.1, 0.15) is 5.75 Å². The summed E-state index contributed by atoms with van der Waals surface area (Å²) in [6, 6.07) is 6.35. The average Bonchev–Trinajstić information content (AvgIpc) is 2.86. The Morgan fingerprint density at radius 2 is 2.14 bits per heavy atom. The van der Waals surface area contributed by atoms with Crippen LogP contribution in [0.1, 0.15) is 38.3 Å². The fourth-order valence-corrected chi connectivity index (χ4v) is 2.37. The predicted octanol–water partition coefficient (Wildman–Crippen LogP) is 2.65. The molecule has 22 heavy (non-hydrogen) atoms. The van der Waals surface area contributed by atoms with Crippen LogP contribution in [-0.2, 0) is 4.79 Å². The lowest BCUT2D eigenvalue weighted by Gasteiger charge is -2.18. The van der Waals surface area contributed by atoms with E-state index in [4.69, 9.17) is 4.74 Å². The highest BCUT2D eigenvalue weighted by Crippen LogP contribution is 2.25. The molecule has 122 valence electrons. The molecule has 1 amide bonds. The molecule has 1 heterocycles. The third-order valence-corrected chi connectivity index (χ3v) is 3.64. The lowest BCUT2D eigenvalue weighted by molar-refractivity contribution is -0.124. The van der Waals surface area contributed by atoms with E-state index in [1.807, 2.05) is 38.1 Å². The van der Waals surface area contributed by atoms with Crippen molar-refractivity contribution >= 4 is 5.91 Å². The largest absolute Gasteiger partial charge is 0.494 e. The van der Waals surface area contributed by atoms with Gasteiger partial charge in [-0.1, -0.05) is 19.1 Å². The Morgan fingerprint density at radius 1 is 1.45 bits per heavy atom. The number of hydrogen-bond donors (Lipinski definition) is 2. The average molecular weight is 312 g/mol. The van der Waals surface area contributed by atoms with Gasteiger partial charge in [-0.15, -0.1) is 0 Å². The van der Waals surface area contributed by atoms with Crippen LogP contribution in [0, 0.1) is 0 Å². The van der Waals surface area contributed by atoms with Crippen molar-refractivity contribution in [3.8, 4) is 5.75 Å². The third-order valence-electron chi connectivity index (χ3n) is 3.64. The van der Waals surface area contributed by atoms with Crippen LogP contribution in [0.15, 0.2) is 24.3 Å². The molecule has 2 atom stereocenters. The monoisotopic (exact) mass is 312 g/mol. The Morgan fingerprint density at radius 3 is 2.68 bits per heavy atom. The van der Waals surface area contributed by atoms with Gasteiger partial charge < -0.3 is 10.1 Å². The molecule has 1 aromatic rings. The van der Waals surface area contributed by atoms with Crippen LogP contribution in [0.5, 0.6) is 5.75 Å². The topological polar surface area (TPSA) is 50.4 Å². The first kappa shape index (κ1) is 16.7. The van der Waals surface area contributed by atoms with E-state index in [0.717, 1.165) is 17.7 Å². The lowest BCUT2D eigenvalue weighted by Crippen LogP contribution is -2.41. The fourth-order valence-electron chi connectivity index (χ4n) is 2.37. The highest BCUT2D eigenvalue weighted by atomic mass is 19.3. The van der Waals surface area contributed by atoms with E-state index in [0.29, 0.717) is 6.61 Å². The van der Waals surface area contributed by atoms with E-state index in [9.17, 15) is 13.6 Å². The number of alkyl halides is 2. The number of amides is 1. The number of carbonyl (C=O) groups is 1. The number of hydrogen-bond acceptors (Lipinski definition) is 3. The fraction of sp³-hybridized carbons (Fsp3) is 0.562. The number of carbonyl (C=O) groups excluding carboxylic acids is 1. The van der Waals surface area contributed by atoms with Crippen molar-refractivity contribution in [2.24, 2.45) is 0 Å². The van der Waals surface area contributed by atoms with Gasteiger partial charge in [0.25, 0.3) is 5.92 Å². The first-order valence-corrected chi connectivity index (χ1v) is 7.55. The molecule has 0 radical (unpaired) electrons. The zero-order valence-corrected chi connectivity index (χ0v) is 12.9. The van der Waals surface area contributed by atoms with E-state index in [-0.39, 0.29) is 6.04 Å².